The van der Waals surface area contributed by atoms with Gasteiger partial charge < -0.3 is 19.4 Å². The largest absolute Gasteiger partial charge is 0.456 e. The Balaban J connectivity index is 0.941. The zero-order valence-corrected chi connectivity index (χ0v) is 31.3. The van der Waals surface area contributed by atoms with Crippen LogP contribution < -0.4 is 0 Å². The molecule has 0 aliphatic heterocycles. The van der Waals surface area contributed by atoms with Crippen LogP contribution in [0.1, 0.15) is 115 Å². The van der Waals surface area contributed by atoms with Gasteiger partial charge in [-0.1, -0.05) is 48.5 Å². The van der Waals surface area contributed by atoms with Crippen LogP contribution in [0.3, 0.4) is 0 Å². The predicted molar refractivity (Wildman–Crippen MR) is 205 cm³/mol. The summed E-state index contributed by atoms with van der Waals surface area (Å²) in [6.07, 6.45) is 2.10. The predicted octanol–water partition coefficient (Wildman–Crippen LogP) is 9.60. The number of rotatable bonds is 9. The molecule has 4 heterocycles. The smallest absolute Gasteiger partial charge is 0.355 e. The summed E-state index contributed by atoms with van der Waals surface area (Å²) >= 11 is 3.27. The third-order valence-electron chi connectivity index (χ3n) is 10.5. The molecule has 2 unspecified atom stereocenters. The average Bonchev–Trinajstić information content (AvgIpc) is 3.98. The lowest BCUT2D eigenvalue weighted by atomic mass is 9.84. The number of thiophene rings is 2. The van der Waals surface area contributed by atoms with Crippen molar-refractivity contribution in [3.8, 4) is 11.1 Å². The summed E-state index contributed by atoms with van der Waals surface area (Å²) < 4.78 is 11.4. The van der Waals surface area contributed by atoms with Gasteiger partial charge in [0.15, 0.2) is 11.6 Å². The molecular formula is C43H38N2O6S2. The van der Waals surface area contributed by atoms with Crippen LogP contribution in [0.15, 0.2) is 77.5 Å². The van der Waals surface area contributed by atoms with Gasteiger partial charge in [-0.25, -0.2) is 9.59 Å². The van der Waals surface area contributed by atoms with Gasteiger partial charge in [0.2, 0.25) is 0 Å². The maximum atomic E-state index is 13.4. The van der Waals surface area contributed by atoms with E-state index in [1.54, 1.807) is 29.6 Å². The Morgan fingerprint density at radius 2 is 1.28 bits per heavy atom. The van der Waals surface area contributed by atoms with Gasteiger partial charge in [0.1, 0.15) is 24.6 Å². The van der Waals surface area contributed by atoms with Crippen LogP contribution in [0.2, 0.25) is 0 Å². The molecule has 0 saturated carbocycles. The van der Waals surface area contributed by atoms with Crippen LogP contribution in [-0.4, -0.2) is 33.5 Å². The monoisotopic (exact) mass is 742 g/mol. The molecule has 0 spiro atoms. The van der Waals surface area contributed by atoms with E-state index in [9.17, 15) is 19.2 Å². The highest BCUT2D eigenvalue weighted by Crippen LogP contribution is 2.41. The molecule has 0 bridgehead atoms. The van der Waals surface area contributed by atoms with E-state index in [0.29, 0.717) is 59.3 Å². The van der Waals surface area contributed by atoms with Gasteiger partial charge in [-0.2, -0.15) is 0 Å². The van der Waals surface area contributed by atoms with Gasteiger partial charge >= 0.3 is 11.9 Å². The van der Waals surface area contributed by atoms with Crippen molar-refractivity contribution in [1.82, 2.24) is 9.97 Å². The molecule has 0 radical (unpaired) electrons. The second-order valence-corrected chi connectivity index (χ2v) is 16.0. The number of carbonyl (C=O) groups excluding carboxylic acids is 4. The normalized spacial score (nSPS) is 16.7. The van der Waals surface area contributed by atoms with Crippen LogP contribution >= 0.6 is 22.7 Å². The third-order valence-corrected chi connectivity index (χ3v) is 12.7. The number of hydrogen-bond acceptors (Lipinski definition) is 8. The Kier molecular flexibility index (Phi) is 9.34. The van der Waals surface area contributed by atoms with Crippen LogP contribution in [0.4, 0.5) is 0 Å². The number of carbonyl (C=O) groups is 4. The standard InChI is InChI=1S/C43H38N2O6S2/c1-23-11-12-27(21-51-43(49)41-24(2)38-32(44-41)15-28(17-34(38)46)36-10-7-13-52-36)14-31(23)30-19-37(53-22-30)29-16-33-39(35(47)18-29)25(3)40(45-33)42(48)50-20-26-8-5-4-6-9-26/h4-14,19,22,28-29,44-45H,15-18,20-21H2,1-3H3. The van der Waals surface area contributed by atoms with Crippen molar-refractivity contribution in [3.05, 3.63) is 149 Å². The molecule has 0 amide bonds. The van der Waals surface area contributed by atoms with Crippen LogP contribution in [0.5, 0.6) is 0 Å². The molecule has 268 valence electrons. The first-order valence-electron chi connectivity index (χ1n) is 17.7. The summed E-state index contributed by atoms with van der Waals surface area (Å²) in [6.45, 7) is 5.91. The highest BCUT2D eigenvalue weighted by Gasteiger charge is 2.34. The van der Waals surface area contributed by atoms with Gasteiger partial charge in [-0.15, -0.1) is 22.7 Å². The van der Waals surface area contributed by atoms with E-state index in [4.69, 9.17) is 9.47 Å². The van der Waals surface area contributed by atoms with Gasteiger partial charge in [0.25, 0.3) is 0 Å². The molecule has 4 aromatic heterocycles. The van der Waals surface area contributed by atoms with Crippen LogP contribution in [0.25, 0.3) is 11.1 Å². The summed E-state index contributed by atoms with van der Waals surface area (Å²) in [5.74, 6) is -0.779. The number of Topliss-reactive ketones (excluding diaryl/α,β-unsaturated/α-hetero) is 2. The van der Waals surface area contributed by atoms with Gasteiger partial charge in [-0.3, -0.25) is 9.59 Å². The minimum Gasteiger partial charge on any atom is -0.456 e. The molecule has 8 rings (SSSR count). The molecule has 2 aliphatic rings. The number of aromatic amines is 2. The van der Waals surface area contributed by atoms with E-state index >= 15 is 0 Å². The van der Waals surface area contributed by atoms with Crippen molar-refractivity contribution in [2.24, 2.45) is 0 Å². The third kappa shape index (κ3) is 6.73. The summed E-state index contributed by atoms with van der Waals surface area (Å²) in [5.41, 5.74) is 9.66. The Morgan fingerprint density at radius 3 is 1.89 bits per heavy atom. The van der Waals surface area contributed by atoms with E-state index in [1.807, 2.05) is 73.8 Å². The number of nitrogens with one attached hydrogen (secondary N) is 2. The van der Waals surface area contributed by atoms with E-state index < -0.39 is 11.9 Å². The summed E-state index contributed by atoms with van der Waals surface area (Å²) in [6, 6.07) is 21.7. The fourth-order valence-electron chi connectivity index (χ4n) is 7.80. The van der Waals surface area contributed by atoms with E-state index in [0.717, 1.165) is 44.1 Å². The minimum absolute atomic E-state index is 0.0203. The number of hydrogen-bond donors (Lipinski definition) is 2. The summed E-state index contributed by atoms with van der Waals surface area (Å²) in [7, 11) is 0. The Morgan fingerprint density at radius 1 is 0.679 bits per heavy atom. The average molecular weight is 743 g/mol. The fraction of sp³-hybridized carbons (Fsp3) is 0.256. The topological polar surface area (TPSA) is 118 Å². The first kappa shape index (κ1) is 34.7. The maximum Gasteiger partial charge on any atom is 0.355 e. The molecule has 10 heteroatoms. The number of H-pyrrole nitrogens is 2. The van der Waals surface area contributed by atoms with Crippen molar-refractivity contribution in [2.75, 3.05) is 0 Å². The molecule has 0 fully saturated rings. The highest BCUT2D eigenvalue weighted by molar-refractivity contribution is 7.10. The number of aryl methyl sites for hydroxylation is 1. The van der Waals surface area contributed by atoms with Gasteiger partial charge in [-0.05, 0) is 102 Å². The summed E-state index contributed by atoms with van der Waals surface area (Å²) in [4.78, 5) is 61.6. The maximum absolute atomic E-state index is 13.4. The van der Waals surface area contributed by atoms with Gasteiger partial charge in [0.05, 0.1) is 0 Å². The van der Waals surface area contributed by atoms with Crippen molar-refractivity contribution < 1.29 is 28.7 Å². The summed E-state index contributed by atoms with van der Waals surface area (Å²) in [5, 5.41) is 4.13. The lowest BCUT2D eigenvalue weighted by Crippen LogP contribution is -2.18. The zero-order valence-electron chi connectivity index (χ0n) is 29.7. The molecule has 2 N–H and O–H groups in total. The van der Waals surface area contributed by atoms with E-state index in [2.05, 4.69) is 27.5 Å². The van der Waals surface area contributed by atoms with Crippen molar-refractivity contribution in [2.45, 2.75) is 71.5 Å². The molecule has 6 aromatic rings. The molecule has 8 nitrogen and oxygen atoms in total. The fourth-order valence-corrected chi connectivity index (χ4v) is 9.64. The first-order chi connectivity index (χ1) is 25.6. The van der Waals surface area contributed by atoms with Crippen molar-refractivity contribution in [1.29, 1.82) is 0 Å². The Labute approximate surface area is 315 Å². The Hall–Kier alpha value is -5.32. The zero-order chi connectivity index (χ0) is 36.8. The number of fused-ring (bicyclic) bond motifs is 2. The van der Waals surface area contributed by atoms with Crippen molar-refractivity contribution in [3.63, 3.8) is 0 Å². The highest BCUT2D eigenvalue weighted by atomic mass is 32.1. The number of esters is 2. The lowest BCUT2D eigenvalue weighted by Gasteiger charge is -2.20. The molecule has 2 aliphatic carbocycles. The second-order valence-electron chi connectivity index (χ2n) is 14.1. The lowest BCUT2D eigenvalue weighted by molar-refractivity contribution is 0.0457. The molecule has 53 heavy (non-hydrogen) atoms. The van der Waals surface area contributed by atoms with Crippen molar-refractivity contribution >= 4 is 46.2 Å². The molecule has 2 atom stereocenters. The minimum atomic E-state index is -0.481. The van der Waals surface area contributed by atoms with Crippen LogP contribution in [0, 0.1) is 20.8 Å². The van der Waals surface area contributed by atoms with E-state index in [-0.39, 0.29) is 36.6 Å². The molecule has 2 aromatic carbocycles. The first-order valence-corrected chi connectivity index (χ1v) is 19.5. The quantitative estimate of drug-likeness (QED) is 0.143. The number of ketones is 2. The number of ether oxygens (including phenoxy) is 2. The molecular weight excluding hydrogens is 705 g/mol. The second kappa shape index (κ2) is 14.2. The van der Waals surface area contributed by atoms with Crippen LogP contribution in [-0.2, 0) is 35.5 Å². The molecule has 0 saturated heterocycles. The SMILES string of the molecule is Cc1ccc(COC(=O)c2[nH]c3c(c2C)C(=O)CC(c2cccs2)C3)cc1-c1csc(C2CC(=O)c3c([nH]c(C(=O)OCc4ccccc4)c3C)C2)c1. The number of benzene rings is 2. The number of aromatic nitrogens is 2. The van der Waals surface area contributed by atoms with E-state index in [1.165, 1.54) is 4.88 Å². The van der Waals surface area contributed by atoms with Gasteiger partial charge in [0, 0.05) is 56.9 Å². The Bertz CT molecular complexity index is 2380.